The maximum absolute atomic E-state index is 14.5. The highest BCUT2D eigenvalue weighted by atomic mass is 16.3. The van der Waals surface area contributed by atoms with Crippen molar-refractivity contribution in [2.45, 2.75) is 76.6 Å². The van der Waals surface area contributed by atoms with E-state index in [1.807, 2.05) is 87.5 Å². The van der Waals surface area contributed by atoms with E-state index in [4.69, 9.17) is 5.73 Å². The van der Waals surface area contributed by atoms with Gasteiger partial charge in [-0.05, 0) is 61.9 Å². The van der Waals surface area contributed by atoms with Crippen LogP contribution in [0.4, 0.5) is 0 Å². The van der Waals surface area contributed by atoms with Crippen LogP contribution in [-0.2, 0) is 27.2 Å². The number of carbonyl (C=O) groups excluding carboxylic acids is 3. The van der Waals surface area contributed by atoms with Crippen molar-refractivity contribution in [2.24, 2.45) is 5.73 Å². The van der Waals surface area contributed by atoms with Crippen molar-refractivity contribution in [1.29, 1.82) is 0 Å². The van der Waals surface area contributed by atoms with E-state index in [1.165, 1.54) is 9.80 Å². The zero-order valence-electron chi connectivity index (χ0n) is 27.3. The average Bonchev–Trinajstić information content (AvgIpc) is 3.01. The third-order valence-electron chi connectivity index (χ3n) is 8.60. The smallest absolute Gasteiger partial charge is 0.246 e. The zero-order chi connectivity index (χ0) is 32.7. The van der Waals surface area contributed by atoms with E-state index < -0.39 is 23.7 Å². The Morgan fingerprint density at radius 3 is 2.13 bits per heavy atom. The van der Waals surface area contributed by atoms with Gasteiger partial charge in [-0.1, -0.05) is 78.4 Å². The van der Waals surface area contributed by atoms with Crippen molar-refractivity contribution < 1.29 is 19.5 Å². The standard InChI is InChI=1S/C37H48N4O4/c1-26(25-37(2,3)38)21-34(43)39(4)32(24-28-15-16-29-13-9-10-14-30(29)22-28)35(44)40(5)33(23-27-11-7-6-8-12-27)36(45)41-19-17-31(42)18-20-41/h6-16,21-22,31-33,42H,17-20,23-25,38H2,1-5H3/b26-21+/t32-,33?/m1/s1. The molecule has 8 nitrogen and oxygen atoms in total. The first-order chi connectivity index (χ1) is 21.3. The molecular weight excluding hydrogens is 564 g/mol. The first kappa shape index (κ1) is 33.9. The summed E-state index contributed by atoms with van der Waals surface area (Å²) in [4.78, 5) is 46.9. The largest absolute Gasteiger partial charge is 0.393 e. The highest BCUT2D eigenvalue weighted by Crippen LogP contribution is 2.22. The first-order valence-corrected chi connectivity index (χ1v) is 15.8. The van der Waals surface area contributed by atoms with Gasteiger partial charge in [-0.2, -0.15) is 0 Å². The van der Waals surface area contributed by atoms with Crippen LogP contribution in [0, 0.1) is 0 Å². The van der Waals surface area contributed by atoms with Gasteiger partial charge in [0.1, 0.15) is 12.1 Å². The Morgan fingerprint density at radius 1 is 0.889 bits per heavy atom. The molecule has 3 amide bonds. The van der Waals surface area contributed by atoms with Gasteiger partial charge in [0.05, 0.1) is 6.10 Å². The summed E-state index contributed by atoms with van der Waals surface area (Å²) in [5.74, 6) is -0.753. The van der Waals surface area contributed by atoms with Crippen LogP contribution < -0.4 is 5.73 Å². The topological polar surface area (TPSA) is 107 Å². The number of hydrogen-bond donors (Lipinski definition) is 2. The molecule has 0 saturated carbocycles. The van der Waals surface area contributed by atoms with Gasteiger partial charge in [-0.25, -0.2) is 0 Å². The molecule has 0 bridgehead atoms. The molecule has 8 heteroatoms. The number of nitrogens with two attached hydrogens (primary N) is 1. The molecule has 1 unspecified atom stereocenters. The van der Waals surface area contributed by atoms with Crippen molar-refractivity contribution >= 4 is 28.5 Å². The molecule has 3 aromatic rings. The van der Waals surface area contributed by atoms with Crippen molar-refractivity contribution in [3.8, 4) is 0 Å². The minimum Gasteiger partial charge on any atom is -0.393 e. The minimum atomic E-state index is -0.854. The molecule has 0 aliphatic carbocycles. The fourth-order valence-electron chi connectivity index (χ4n) is 6.13. The predicted molar refractivity (Wildman–Crippen MR) is 179 cm³/mol. The number of carbonyl (C=O) groups is 3. The molecule has 240 valence electrons. The van der Waals surface area contributed by atoms with E-state index in [0.29, 0.717) is 38.8 Å². The van der Waals surface area contributed by atoms with Gasteiger partial charge in [-0.3, -0.25) is 14.4 Å². The summed E-state index contributed by atoms with van der Waals surface area (Å²) in [5.41, 5.74) is 8.40. The van der Waals surface area contributed by atoms with E-state index in [-0.39, 0.29) is 24.1 Å². The zero-order valence-corrected chi connectivity index (χ0v) is 27.3. The summed E-state index contributed by atoms with van der Waals surface area (Å²) in [6, 6.07) is 22.1. The van der Waals surface area contributed by atoms with Crippen LogP contribution in [0.2, 0.25) is 0 Å². The maximum Gasteiger partial charge on any atom is 0.246 e. The Balaban J connectivity index is 1.68. The van der Waals surface area contributed by atoms with Gasteiger partial charge >= 0.3 is 0 Å². The molecule has 3 N–H and O–H groups in total. The molecule has 1 heterocycles. The number of benzene rings is 3. The minimum absolute atomic E-state index is 0.152. The maximum atomic E-state index is 14.5. The molecular formula is C37H48N4O4. The molecule has 0 spiro atoms. The summed E-state index contributed by atoms with van der Waals surface area (Å²) >= 11 is 0. The van der Waals surface area contributed by atoms with Gasteiger partial charge in [0.25, 0.3) is 0 Å². The second-order valence-electron chi connectivity index (χ2n) is 13.2. The van der Waals surface area contributed by atoms with Crippen LogP contribution in [0.5, 0.6) is 0 Å². The van der Waals surface area contributed by atoms with Gasteiger partial charge < -0.3 is 25.5 Å². The summed E-state index contributed by atoms with van der Waals surface area (Å²) < 4.78 is 0. The number of hydrogen-bond acceptors (Lipinski definition) is 5. The number of likely N-dealkylation sites (N-methyl/N-ethyl adjacent to an activating group) is 2. The fourth-order valence-corrected chi connectivity index (χ4v) is 6.13. The van der Waals surface area contributed by atoms with E-state index in [0.717, 1.165) is 27.5 Å². The lowest BCUT2D eigenvalue weighted by Gasteiger charge is -2.38. The number of nitrogens with zero attached hydrogens (tertiary/aromatic N) is 3. The van der Waals surface area contributed by atoms with Crippen LogP contribution in [-0.4, -0.2) is 88.4 Å². The van der Waals surface area contributed by atoms with E-state index >= 15 is 0 Å². The number of piperidine rings is 1. The molecule has 4 rings (SSSR count). The van der Waals surface area contributed by atoms with Crippen LogP contribution in [0.3, 0.4) is 0 Å². The molecule has 45 heavy (non-hydrogen) atoms. The number of likely N-dealkylation sites (tertiary alicyclic amines) is 1. The van der Waals surface area contributed by atoms with E-state index in [1.54, 1.807) is 25.1 Å². The number of aliphatic hydroxyl groups is 1. The molecule has 1 aliphatic heterocycles. The lowest BCUT2D eigenvalue weighted by molar-refractivity contribution is -0.150. The second-order valence-corrected chi connectivity index (χ2v) is 13.2. The van der Waals surface area contributed by atoms with Gasteiger partial charge in [0, 0.05) is 51.6 Å². The molecule has 0 radical (unpaired) electrons. The number of aliphatic hydroxyl groups excluding tert-OH is 1. The summed E-state index contributed by atoms with van der Waals surface area (Å²) in [6.07, 6.45) is 3.31. The van der Waals surface area contributed by atoms with Gasteiger partial charge in [0.15, 0.2) is 0 Å². The van der Waals surface area contributed by atoms with E-state index in [2.05, 4.69) is 6.07 Å². The predicted octanol–water partition coefficient (Wildman–Crippen LogP) is 4.34. The Morgan fingerprint density at radius 2 is 1.49 bits per heavy atom. The molecule has 3 aromatic carbocycles. The number of amides is 3. The number of rotatable bonds is 11. The third-order valence-corrected chi connectivity index (χ3v) is 8.60. The first-order valence-electron chi connectivity index (χ1n) is 15.8. The Bertz CT molecular complexity index is 1510. The highest BCUT2D eigenvalue weighted by Gasteiger charge is 2.37. The lowest BCUT2D eigenvalue weighted by Crippen LogP contribution is -2.57. The molecule has 2 atom stereocenters. The molecule has 1 saturated heterocycles. The summed E-state index contributed by atoms with van der Waals surface area (Å²) in [7, 11) is 3.31. The SMILES string of the molecule is C/C(=C\C(=O)N(C)[C@H](Cc1ccc2ccccc2c1)C(=O)N(C)C(Cc1ccccc1)C(=O)N1CCC(O)CC1)CC(C)(C)N. The second kappa shape index (κ2) is 14.8. The van der Waals surface area contributed by atoms with E-state index in [9.17, 15) is 19.5 Å². The highest BCUT2D eigenvalue weighted by molar-refractivity contribution is 5.95. The Kier molecular flexibility index (Phi) is 11.2. The Labute approximate surface area is 267 Å². The van der Waals surface area contributed by atoms with Crippen LogP contribution in [0.25, 0.3) is 10.8 Å². The molecule has 1 aliphatic rings. The van der Waals surface area contributed by atoms with Crippen molar-refractivity contribution in [3.05, 3.63) is 95.6 Å². The van der Waals surface area contributed by atoms with Crippen LogP contribution in [0.15, 0.2) is 84.4 Å². The average molecular weight is 613 g/mol. The van der Waals surface area contributed by atoms with Gasteiger partial charge in [-0.15, -0.1) is 0 Å². The lowest BCUT2D eigenvalue weighted by atomic mass is 9.96. The third kappa shape index (κ3) is 9.25. The monoisotopic (exact) mass is 612 g/mol. The molecule has 1 fully saturated rings. The van der Waals surface area contributed by atoms with Gasteiger partial charge in [0.2, 0.25) is 17.7 Å². The van der Waals surface area contributed by atoms with Crippen molar-refractivity contribution in [3.63, 3.8) is 0 Å². The van der Waals surface area contributed by atoms with Crippen LogP contribution >= 0.6 is 0 Å². The van der Waals surface area contributed by atoms with Crippen molar-refractivity contribution in [2.75, 3.05) is 27.2 Å². The fraction of sp³-hybridized carbons (Fsp3) is 0.432. The summed E-state index contributed by atoms with van der Waals surface area (Å²) in [5, 5.41) is 12.2. The Hall–Kier alpha value is -4.01. The number of fused-ring (bicyclic) bond motifs is 1. The quantitative estimate of drug-likeness (QED) is 0.314. The molecule has 0 aromatic heterocycles. The van der Waals surface area contributed by atoms with Crippen LogP contribution in [0.1, 0.15) is 51.2 Å². The normalized spacial score (nSPS) is 15.9. The van der Waals surface area contributed by atoms with Crippen molar-refractivity contribution in [1.82, 2.24) is 14.7 Å². The summed E-state index contributed by atoms with van der Waals surface area (Å²) in [6.45, 7) is 6.57.